The Hall–Kier alpha value is -2.40. The Labute approximate surface area is 228 Å². The predicted molar refractivity (Wildman–Crippen MR) is 145 cm³/mol. The second-order valence-corrected chi connectivity index (χ2v) is 13.8. The summed E-state index contributed by atoms with van der Waals surface area (Å²) in [4.78, 5) is 0.0709. The highest BCUT2D eigenvalue weighted by molar-refractivity contribution is 7.89. The van der Waals surface area contributed by atoms with E-state index in [2.05, 4.69) is 4.72 Å². The maximum atomic E-state index is 14.0. The molecule has 0 radical (unpaired) electrons. The monoisotopic (exact) mass is 573 g/mol. The molecule has 11 heteroatoms. The first-order valence-corrected chi connectivity index (χ1v) is 16.1. The topological polar surface area (TPSA) is 109 Å². The predicted octanol–water partition coefficient (Wildman–Crippen LogP) is 3.75. The molecule has 1 N–H and O–H groups in total. The molecule has 0 unspecified atom stereocenters. The first-order chi connectivity index (χ1) is 18.7. The van der Waals surface area contributed by atoms with E-state index in [0.717, 1.165) is 11.1 Å². The maximum absolute atomic E-state index is 14.0. The maximum Gasteiger partial charge on any atom is 0.241 e. The Morgan fingerprint density at radius 2 is 1.56 bits per heavy atom. The van der Waals surface area contributed by atoms with Crippen LogP contribution >= 0.6 is 7.37 Å². The zero-order valence-corrected chi connectivity index (χ0v) is 23.6. The quantitative estimate of drug-likeness (QED) is 0.406. The summed E-state index contributed by atoms with van der Waals surface area (Å²) in [6, 6.07) is 23.5. The van der Waals surface area contributed by atoms with Crippen LogP contribution in [-0.2, 0) is 38.1 Å². The van der Waals surface area contributed by atoms with Gasteiger partial charge in [-0.1, -0.05) is 66.2 Å². The molecular weight excluding hydrogens is 541 g/mol. The van der Waals surface area contributed by atoms with Gasteiger partial charge in [-0.2, -0.15) is 0 Å². The van der Waals surface area contributed by atoms with Crippen molar-refractivity contribution in [3.05, 3.63) is 96.1 Å². The fourth-order valence-electron chi connectivity index (χ4n) is 4.76. The number of benzene rings is 3. The van der Waals surface area contributed by atoms with Gasteiger partial charge in [-0.25, -0.2) is 13.1 Å². The van der Waals surface area contributed by atoms with E-state index in [0.29, 0.717) is 5.30 Å². The van der Waals surface area contributed by atoms with Crippen LogP contribution in [0, 0.1) is 6.92 Å². The number of rotatable bonds is 8. The molecule has 2 aliphatic rings. The summed E-state index contributed by atoms with van der Waals surface area (Å²) in [5.74, 6) is 0. The zero-order chi connectivity index (χ0) is 27.6. The van der Waals surface area contributed by atoms with Crippen molar-refractivity contribution in [2.75, 3.05) is 20.4 Å². The van der Waals surface area contributed by atoms with E-state index in [4.69, 9.17) is 23.5 Å². The van der Waals surface area contributed by atoms with Crippen LogP contribution in [0.15, 0.2) is 89.8 Å². The highest BCUT2D eigenvalue weighted by atomic mass is 32.2. The number of hydrogen-bond donors (Lipinski definition) is 1. The number of aryl methyl sites for hydroxylation is 1. The van der Waals surface area contributed by atoms with Gasteiger partial charge in [0.1, 0.15) is 24.4 Å². The van der Waals surface area contributed by atoms with Crippen molar-refractivity contribution in [1.29, 1.82) is 0 Å². The Morgan fingerprint density at radius 1 is 0.923 bits per heavy atom. The zero-order valence-electron chi connectivity index (χ0n) is 21.9. The molecule has 2 heterocycles. The summed E-state index contributed by atoms with van der Waals surface area (Å²) >= 11 is 0. The van der Waals surface area contributed by atoms with E-state index in [1.165, 1.54) is 25.9 Å². The Kier molecular flexibility index (Phi) is 8.37. The highest BCUT2D eigenvalue weighted by Crippen LogP contribution is 2.47. The molecule has 9 nitrogen and oxygen atoms in total. The van der Waals surface area contributed by atoms with E-state index < -0.39 is 54.3 Å². The van der Waals surface area contributed by atoms with Gasteiger partial charge in [0.25, 0.3) is 0 Å². The van der Waals surface area contributed by atoms with Crippen LogP contribution in [0.1, 0.15) is 17.4 Å². The van der Waals surface area contributed by atoms with Gasteiger partial charge < -0.3 is 23.5 Å². The SMILES string of the molecule is CO[C@H]1O[C@@H]2CO[C@@H](c3ccccc3)O[C@H]2[C@H](O[P@@](C)(=O)c2ccccc2)[C@H]1NS(=O)(=O)c1ccc(C)cc1. The standard InChI is InChI=1S/C28H32NO8PS/c1-19-14-16-22(17-15-19)39(31,32)29-24-26(37-38(3,30)21-12-8-5-9-13-21)25-23(35-28(24)33-2)18-34-27(36-25)20-10-6-4-7-11-20/h4-17,23-29H,18H2,1-3H3/t23-,24-,25-,26-,27-,28+,38-/m1/s1. The number of ether oxygens (including phenoxy) is 4. The number of fused-ring (bicyclic) bond motifs is 1. The average Bonchev–Trinajstić information content (AvgIpc) is 2.95. The molecule has 0 spiro atoms. The molecule has 0 saturated carbocycles. The lowest BCUT2D eigenvalue weighted by atomic mass is 9.96. The molecule has 2 saturated heterocycles. The van der Waals surface area contributed by atoms with Gasteiger partial charge in [-0.15, -0.1) is 0 Å². The third kappa shape index (κ3) is 6.19. The van der Waals surface area contributed by atoms with Gasteiger partial charge in [0.05, 0.1) is 11.5 Å². The van der Waals surface area contributed by atoms with Crippen LogP contribution < -0.4 is 10.0 Å². The van der Waals surface area contributed by atoms with Gasteiger partial charge in [0.15, 0.2) is 12.6 Å². The summed E-state index contributed by atoms with van der Waals surface area (Å²) in [6.45, 7) is 3.52. The molecule has 208 valence electrons. The lowest BCUT2D eigenvalue weighted by Crippen LogP contribution is -2.67. The lowest BCUT2D eigenvalue weighted by Gasteiger charge is -2.49. The largest absolute Gasteiger partial charge is 0.354 e. The molecule has 0 bridgehead atoms. The van der Waals surface area contributed by atoms with Crippen molar-refractivity contribution < 1.29 is 36.5 Å². The van der Waals surface area contributed by atoms with Crippen molar-refractivity contribution >= 4 is 22.7 Å². The molecule has 0 aromatic heterocycles. The van der Waals surface area contributed by atoms with Crippen molar-refractivity contribution in [2.45, 2.75) is 48.8 Å². The van der Waals surface area contributed by atoms with Crippen molar-refractivity contribution in [3.8, 4) is 0 Å². The minimum absolute atomic E-state index is 0.0709. The molecule has 3 aromatic rings. The molecular formula is C28H32NO8PS. The number of methoxy groups -OCH3 is 1. The van der Waals surface area contributed by atoms with Gasteiger partial charge in [-0.05, 0) is 31.2 Å². The van der Waals surface area contributed by atoms with E-state index in [1.54, 1.807) is 36.4 Å². The van der Waals surface area contributed by atoms with Crippen LogP contribution in [-0.4, -0.2) is 59.4 Å². The van der Waals surface area contributed by atoms with Crippen LogP contribution in [0.4, 0.5) is 0 Å². The summed E-state index contributed by atoms with van der Waals surface area (Å²) < 4.78 is 74.0. The fourth-order valence-corrected chi connectivity index (χ4v) is 7.55. The van der Waals surface area contributed by atoms with Crippen LogP contribution in [0.25, 0.3) is 0 Å². The Morgan fingerprint density at radius 3 is 2.21 bits per heavy atom. The van der Waals surface area contributed by atoms with E-state index in [9.17, 15) is 13.0 Å². The smallest absolute Gasteiger partial charge is 0.241 e. The van der Waals surface area contributed by atoms with Gasteiger partial charge in [-0.3, -0.25) is 4.57 Å². The molecule has 5 rings (SSSR count). The Balaban J connectivity index is 1.52. The second kappa shape index (κ2) is 11.6. The number of sulfonamides is 1. The lowest BCUT2D eigenvalue weighted by molar-refractivity contribution is -0.337. The molecule has 0 amide bonds. The van der Waals surface area contributed by atoms with Crippen molar-refractivity contribution in [1.82, 2.24) is 4.72 Å². The first-order valence-electron chi connectivity index (χ1n) is 12.6. The molecule has 39 heavy (non-hydrogen) atoms. The first kappa shape index (κ1) is 28.1. The second-order valence-electron chi connectivity index (χ2n) is 9.67. The summed E-state index contributed by atoms with van der Waals surface area (Å²) in [7, 11) is -6.08. The molecule has 7 atom stereocenters. The van der Waals surface area contributed by atoms with Crippen LogP contribution in [0.2, 0.25) is 0 Å². The van der Waals surface area contributed by atoms with E-state index in [1.807, 2.05) is 43.3 Å². The highest BCUT2D eigenvalue weighted by Gasteiger charge is 2.53. The normalized spacial score (nSPS) is 28.8. The summed E-state index contributed by atoms with van der Waals surface area (Å²) in [5.41, 5.74) is 1.70. The molecule has 3 aromatic carbocycles. The fraction of sp³-hybridized carbons (Fsp3) is 0.357. The summed E-state index contributed by atoms with van der Waals surface area (Å²) in [6.07, 6.45) is -4.33. The van der Waals surface area contributed by atoms with Crippen LogP contribution in [0.3, 0.4) is 0 Å². The van der Waals surface area contributed by atoms with E-state index in [-0.39, 0.29) is 11.5 Å². The third-order valence-corrected chi connectivity index (χ3v) is 10.2. The molecule has 2 fully saturated rings. The summed E-state index contributed by atoms with van der Waals surface area (Å²) in [5, 5.41) is 0.494. The minimum atomic E-state index is -4.04. The number of nitrogens with one attached hydrogen (secondary N) is 1. The Bertz CT molecular complexity index is 1400. The van der Waals surface area contributed by atoms with Crippen molar-refractivity contribution in [2.24, 2.45) is 0 Å². The molecule has 0 aliphatic carbocycles. The number of hydrogen-bond acceptors (Lipinski definition) is 8. The third-order valence-electron chi connectivity index (χ3n) is 6.81. The van der Waals surface area contributed by atoms with E-state index >= 15 is 0 Å². The van der Waals surface area contributed by atoms with Gasteiger partial charge >= 0.3 is 0 Å². The molecule has 2 aliphatic heterocycles. The van der Waals surface area contributed by atoms with Gasteiger partial charge in [0, 0.05) is 24.6 Å². The van der Waals surface area contributed by atoms with Gasteiger partial charge in [0.2, 0.25) is 17.4 Å². The minimum Gasteiger partial charge on any atom is -0.354 e. The van der Waals surface area contributed by atoms with Crippen LogP contribution in [0.5, 0.6) is 0 Å². The average molecular weight is 574 g/mol. The van der Waals surface area contributed by atoms with Crippen molar-refractivity contribution in [3.63, 3.8) is 0 Å².